The smallest absolute Gasteiger partial charge is 0.263 e. The number of pyridine rings is 1. The summed E-state index contributed by atoms with van der Waals surface area (Å²) in [6, 6.07) is 5.86. The molecule has 6 nitrogen and oxygen atoms in total. The van der Waals surface area contributed by atoms with Gasteiger partial charge in [-0.2, -0.15) is 5.26 Å². The average molecular weight is 355 g/mol. The van der Waals surface area contributed by atoms with Crippen LogP contribution in [0.1, 0.15) is 15.2 Å². The Bertz CT molecular complexity index is 982. The highest BCUT2D eigenvalue weighted by Gasteiger charge is 2.24. The van der Waals surface area contributed by atoms with Gasteiger partial charge < -0.3 is 16.8 Å². The number of anilines is 2. The zero-order chi connectivity index (χ0) is 17.3. The topological polar surface area (TPSA) is 118 Å². The van der Waals surface area contributed by atoms with Crippen molar-refractivity contribution >= 4 is 50.3 Å². The molecule has 0 unspecified atom stereocenters. The van der Waals surface area contributed by atoms with Gasteiger partial charge in [0.25, 0.3) is 5.91 Å². The third-order valence-electron chi connectivity index (χ3n) is 3.40. The first-order chi connectivity index (χ1) is 11.6. The molecule has 0 aliphatic rings. The quantitative estimate of drug-likeness (QED) is 0.622. The van der Waals surface area contributed by atoms with Gasteiger partial charge in [0.05, 0.1) is 5.69 Å². The molecular formula is C16H13N5OS2. The number of carbonyl (C=O) groups is 1. The lowest BCUT2D eigenvalue weighted by Crippen LogP contribution is -2.22. The van der Waals surface area contributed by atoms with E-state index in [1.165, 1.54) is 11.3 Å². The Labute approximate surface area is 146 Å². The molecule has 5 N–H and O–H groups in total. The number of nitrogens with two attached hydrogens (primary N) is 2. The minimum Gasteiger partial charge on any atom is -0.397 e. The van der Waals surface area contributed by atoms with Gasteiger partial charge in [-0.25, -0.2) is 4.98 Å². The van der Waals surface area contributed by atoms with E-state index in [1.54, 1.807) is 6.08 Å². The van der Waals surface area contributed by atoms with Gasteiger partial charge in [0, 0.05) is 22.4 Å². The van der Waals surface area contributed by atoms with Gasteiger partial charge in [-0.05, 0) is 11.4 Å². The number of aromatic nitrogens is 1. The second-order valence-corrected chi connectivity index (χ2v) is 6.81. The van der Waals surface area contributed by atoms with Gasteiger partial charge in [0.1, 0.15) is 27.2 Å². The molecule has 8 heteroatoms. The summed E-state index contributed by atoms with van der Waals surface area (Å²) in [5, 5.41) is 14.7. The van der Waals surface area contributed by atoms with Crippen LogP contribution in [0.5, 0.6) is 0 Å². The number of fused-ring (bicyclic) bond motifs is 1. The molecule has 1 amide bonds. The molecule has 24 heavy (non-hydrogen) atoms. The minimum atomic E-state index is -0.301. The predicted molar refractivity (Wildman–Crippen MR) is 99.0 cm³/mol. The van der Waals surface area contributed by atoms with Crippen molar-refractivity contribution in [2.45, 2.75) is 0 Å². The van der Waals surface area contributed by atoms with Crippen LogP contribution >= 0.6 is 22.7 Å². The van der Waals surface area contributed by atoms with Crippen molar-refractivity contribution in [3.63, 3.8) is 0 Å². The van der Waals surface area contributed by atoms with Crippen molar-refractivity contribution in [2.75, 3.05) is 18.0 Å². The van der Waals surface area contributed by atoms with E-state index < -0.39 is 0 Å². The summed E-state index contributed by atoms with van der Waals surface area (Å²) in [6.07, 6.45) is 1.59. The third-order valence-corrected chi connectivity index (χ3v) is 5.38. The summed E-state index contributed by atoms with van der Waals surface area (Å²) in [6.45, 7) is 3.90. The Balaban J connectivity index is 2.31. The van der Waals surface area contributed by atoms with Crippen LogP contribution in [0.25, 0.3) is 20.7 Å². The Kier molecular flexibility index (Phi) is 4.20. The average Bonchev–Trinajstić information content (AvgIpc) is 3.20. The summed E-state index contributed by atoms with van der Waals surface area (Å²) in [5.41, 5.74) is 13.4. The standard InChI is InChI=1S/C16H13N5OS2/c1-2-5-20-15(22)13-12(18)11-10(9-4-3-6-23-9)8(7-17)14(19)21-16(11)24-13/h2-4,6H,1,5,18H2,(H2,19,21)(H,20,22). The van der Waals surface area contributed by atoms with E-state index in [4.69, 9.17) is 11.5 Å². The van der Waals surface area contributed by atoms with Crippen LogP contribution in [-0.2, 0) is 0 Å². The molecular weight excluding hydrogens is 342 g/mol. The summed E-state index contributed by atoms with van der Waals surface area (Å²) >= 11 is 2.63. The molecule has 0 bridgehead atoms. The number of amides is 1. The molecule has 3 rings (SSSR count). The highest BCUT2D eigenvalue weighted by Crippen LogP contribution is 2.43. The summed E-state index contributed by atoms with van der Waals surface area (Å²) in [7, 11) is 0. The molecule has 0 radical (unpaired) electrons. The maximum absolute atomic E-state index is 12.3. The number of carbonyl (C=O) groups excluding carboxylic acids is 1. The number of nitriles is 1. The first-order valence-electron chi connectivity index (χ1n) is 6.93. The zero-order valence-electron chi connectivity index (χ0n) is 12.5. The molecule has 0 fully saturated rings. The van der Waals surface area contributed by atoms with Crippen molar-refractivity contribution < 1.29 is 4.79 Å². The largest absolute Gasteiger partial charge is 0.397 e. The number of thiophene rings is 2. The maximum Gasteiger partial charge on any atom is 0.263 e. The second kappa shape index (κ2) is 6.31. The number of rotatable bonds is 4. The van der Waals surface area contributed by atoms with Gasteiger partial charge in [0.2, 0.25) is 0 Å². The van der Waals surface area contributed by atoms with Crippen molar-refractivity contribution in [1.29, 1.82) is 5.26 Å². The lowest BCUT2D eigenvalue weighted by molar-refractivity contribution is 0.0963. The van der Waals surface area contributed by atoms with E-state index in [2.05, 4.69) is 22.9 Å². The van der Waals surface area contributed by atoms with Crippen LogP contribution in [-0.4, -0.2) is 17.4 Å². The molecule has 0 saturated heterocycles. The summed E-state index contributed by atoms with van der Waals surface area (Å²) in [4.78, 5) is 18.3. The van der Waals surface area contributed by atoms with Gasteiger partial charge in [-0.15, -0.1) is 29.3 Å². The Morgan fingerprint density at radius 2 is 2.29 bits per heavy atom. The fourth-order valence-corrected chi connectivity index (χ4v) is 4.18. The molecule has 0 atom stereocenters. The Morgan fingerprint density at radius 1 is 1.50 bits per heavy atom. The molecule has 3 heterocycles. The molecule has 120 valence electrons. The highest BCUT2D eigenvalue weighted by molar-refractivity contribution is 7.21. The lowest BCUT2D eigenvalue weighted by Gasteiger charge is -2.07. The molecule has 3 aromatic heterocycles. The number of nitrogen functional groups attached to an aromatic ring is 2. The Hall–Kier alpha value is -2.89. The first kappa shape index (κ1) is 16.0. The van der Waals surface area contributed by atoms with E-state index in [-0.39, 0.29) is 17.3 Å². The number of nitrogens with zero attached hydrogens (tertiary/aromatic N) is 2. The maximum atomic E-state index is 12.3. The van der Waals surface area contributed by atoms with E-state index in [0.29, 0.717) is 32.9 Å². The van der Waals surface area contributed by atoms with E-state index >= 15 is 0 Å². The molecule has 0 spiro atoms. The molecule has 0 aromatic carbocycles. The number of hydrogen-bond donors (Lipinski definition) is 3. The second-order valence-electron chi connectivity index (χ2n) is 4.86. The zero-order valence-corrected chi connectivity index (χ0v) is 14.1. The van der Waals surface area contributed by atoms with E-state index in [1.807, 2.05) is 17.5 Å². The van der Waals surface area contributed by atoms with Crippen molar-refractivity contribution in [3.8, 4) is 16.5 Å². The van der Waals surface area contributed by atoms with Crippen LogP contribution in [0.2, 0.25) is 0 Å². The lowest BCUT2D eigenvalue weighted by atomic mass is 10.0. The summed E-state index contributed by atoms with van der Waals surface area (Å²) < 4.78 is 0. The van der Waals surface area contributed by atoms with E-state index in [0.717, 1.165) is 16.2 Å². The predicted octanol–water partition coefficient (Wildman–Crippen LogP) is 2.98. The van der Waals surface area contributed by atoms with Crippen LogP contribution < -0.4 is 16.8 Å². The highest BCUT2D eigenvalue weighted by atomic mass is 32.1. The first-order valence-corrected chi connectivity index (χ1v) is 8.62. The molecule has 0 aliphatic heterocycles. The van der Waals surface area contributed by atoms with Gasteiger partial charge in [-0.1, -0.05) is 12.1 Å². The van der Waals surface area contributed by atoms with Gasteiger partial charge in [-0.3, -0.25) is 4.79 Å². The van der Waals surface area contributed by atoms with Crippen LogP contribution in [0.4, 0.5) is 11.5 Å². The molecule has 0 aliphatic carbocycles. The van der Waals surface area contributed by atoms with Crippen LogP contribution in [0, 0.1) is 11.3 Å². The number of nitrogens with one attached hydrogen (secondary N) is 1. The Morgan fingerprint density at radius 3 is 2.92 bits per heavy atom. The van der Waals surface area contributed by atoms with Crippen LogP contribution in [0.3, 0.4) is 0 Å². The fourth-order valence-electron chi connectivity index (χ4n) is 2.36. The van der Waals surface area contributed by atoms with Gasteiger partial charge >= 0.3 is 0 Å². The normalized spacial score (nSPS) is 10.5. The van der Waals surface area contributed by atoms with Gasteiger partial charge in [0.15, 0.2) is 0 Å². The SMILES string of the molecule is C=CCNC(=O)c1sc2nc(N)c(C#N)c(-c3cccs3)c2c1N. The summed E-state index contributed by atoms with van der Waals surface area (Å²) in [5.74, 6) is -0.169. The minimum absolute atomic E-state index is 0.132. The van der Waals surface area contributed by atoms with Crippen molar-refractivity contribution in [1.82, 2.24) is 10.3 Å². The monoisotopic (exact) mass is 355 g/mol. The molecule has 0 saturated carbocycles. The van der Waals surface area contributed by atoms with Crippen molar-refractivity contribution in [2.24, 2.45) is 0 Å². The fraction of sp³-hybridized carbons (Fsp3) is 0.0625. The van der Waals surface area contributed by atoms with Crippen molar-refractivity contribution in [3.05, 3.63) is 40.6 Å². The molecule has 3 aromatic rings. The third kappa shape index (κ3) is 2.50. The van der Waals surface area contributed by atoms with E-state index in [9.17, 15) is 10.1 Å². The number of hydrogen-bond acceptors (Lipinski definition) is 7. The van der Waals surface area contributed by atoms with Crippen LogP contribution in [0.15, 0.2) is 30.2 Å².